The van der Waals surface area contributed by atoms with Crippen molar-refractivity contribution in [2.45, 2.75) is 6.42 Å². The zero-order valence-electron chi connectivity index (χ0n) is 8.89. The average molecular weight is 234 g/mol. The zero-order valence-corrected chi connectivity index (χ0v) is 9.70. The van der Waals surface area contributed by atoms with Gasteiger partial charge in [-0.05, 0) is 12.0 Å². The van der Waals surface area contributed by atoms with E-state index in [-0.39, 0.29) is 6.61 Å². The zero-order chi connectivity index (χ0) is 11.2. The smallest absolute Gasteiger partial charge is 0.183 e. The molecule has 1 heterocycles. The van der Waals surface area contributed by atoms with Crippen LogP contribution in [0, 0.1) is 0 Å². The number of nitrogens with one attached hydrogen (secondary N) is 1. The quantitative estimate of drug-likeness (QED) is 0.782. The minimum atomic E-state index is 0.212. The first-order valence-corrected chi connectivity index (χ1v) is 6.08. The molecule has 0 aliphatic heterocycles. The monoisotopic (exact) mass is 234 g/mol. The number of thiazole rings is 1. The number of benzene rings is 1. The number of anilines is 1. The Morgan fingerprint density at radius 2 is 2.06 bits per heavy atom. The fraction of sp³-hybridized carbons (Fsp3) is 0.250. The highest BCUT2D eigenvalue weighted by Gasteiger charge is 2.02. The Bertz CT molecular complexity index is 428. The normalized spacial score (nSPS) is 10.3. The minimum absolute atomic E-state index is 0.212. The fourth-order valence-electron chi connectivity index (χ4n) is 1.37. The van der Waals surface area contributed by atoms with Crippen LogP contribution in [0.25, 0.3) is 10.4 Å². The summed E-state index contributed by atoms with van der Waals surface area (Å²) in [6.07, 6.45) is 2.63. The predicted molar refractivity (Wildman–Crippen MR) is 67.7 cm³/mol. The first-order valence-electron chi connectivity index (χ1n) is 5.26. The Kier molecular flexibility index (Phi) is 3.91. The lowest BCUT2D eigenvalue weighted by Gasteiger charge is -1.98. The van der Waals surface area contributed by atoms with E-state index in [0.717, 1.165) is 23.0 Å². The summed E-state index contributed by atoms with van der Waals surface area (Å²) in [6.45, 7) is 0.974. The molecule has 3 nitrogen and oxygen atoms in total. The molecule has 0 saturated heterocycles. The highest BCUT2D eigenvalue weighted by molar-refractivity contribution is 7.18. The van der Waals surface area contributed by atoms with Crippen molar-refractivity contribution in [2.24, 2.45) is 0 Å². The van der Waals surface area contributed by atoms with Gasteiger partial charge in [0.05, 0.1) is 4.88 Å². The van der Waals surface area contributed by atoms with Crippen LogP contribution in [0.5, 0.6) is 0 Å². The summed E-state index contributed by atoms with van der Waals surface area (Å²) < 4.78 is 0. The van der Waals surface area contributed by atoms with Gasteiger partial charge in [-0.2, -0.15) is 0 Å². The van der Waals surface area contributed by atoms with Crippen molar-refractivity contribution >= 4 is 16.5 Å². The number of nitrogens with zero attached hydrogens (tertiary/aromatic N) is 1. The van der Waals surface area contributed by atoms with E-state index in [4.69, 9.17) is 5.11 Å². The van der Waals surface area contributed by atoms with E-state index < -0.39 is 0 Å². The second-order valence-corrected chi connectivity index (χ2v) is 4.43. The second-order valence-electron chi connectivity index (χ2n) is 3.40. The maximum atomic E-state index is 8.67. The highest BCUT2D eigenvalue weighted by atomic mass is 32.1. The molecule has 0 saturated carbocycles. The first kappa shape index (κ1) is 11.1. The summed E-state index contributed by atoms with van der Waals surface area (Å²) in [5.74, 6) is 0. The Balaban J connectivity index is 2.02. The third-order valence-corrected chi connectivity index (χ3v) is 3.18. The van der Waals surface area contributed by atoms with E-state index in [1.807, 2.05) is 24.4 Å². The third kappa shape index (κ3) is 2.81. The summed E-state index contributed by atoms with van der Waals surface area (Å²) in [7, 11) is 0. The molecule has 0 aliphatic rings. The van der Waals surface area contributed by atoms with Crippen molar-refractivity contribution in [3.05, 3.63) is 36.5 Å². The van der Waals surface area contributed by atoms with Gasteiger partial charge in [0.15, 0.2) is 5.13 Å². The van der Waals surface area contributed by atoms with Gasteiger partial charge in [-0.15, -0.1) is 0 Å². The molecule has 0 atom stereocenters. The number of aromatic nitrogens is 1. The number of hydrogen-bond acceptors (Lipinski definition) is 4. The van der Waals surface area contributed by atoms with Crippen LogP contribution in [-0.4, -0.2) is 23.2 Å². The molecule has 84 valence electrons. The van der Waals surface area contributed by atoms with Gasteiger partial charge < -0.3 is 10.4 Å². The van der Waals surface area contributed by atoms with E-state index in [9.17, 15) is 0 Å². The minimum Gasteiger partial charge on any atom is -0.396 e. The molecule has 4 heteroatoms. The maximum absolute atomic E-state index is 8.67. The average Bonchev–Trinajstić information content (AvgIpc) is 2.79. The van der Waals surface area contributed by atoms with Crippen molar-refractivity contribution in [3.8, 4) is 10.4 Å². The topological polar surface area (TPSA) is 45.1 Å². The molecule has 16 heavy (non-hydrogen) atoms. The summed E-state index contributed by atoms with van der Waals surface area (Å²) in [5, 5.41) is 12.8. The predicted octanol–water partition coefficient (Wildman–Crippen LogP) is 2.60. The van der Waals surface area contributed by atoms with Crippen LogP contribution in [0.4, 0.5) is 5.13 Å². The molecule has 2 aromatic rings. The van der Waals surface area contributed by atoms with Crippen molar-refractivity contribution < 1.29 is 5.11 Å². The van der Waals surface area contributed by atoms with Gasteiger partial charge in [0.2, 0.25) is 0 Å². The van der Waals surface area contributed by atoms with Crippen LogP contribution < -0.4 is 5.32 Å². The van der Waals surface area contributed by atoms with E-state index in [0.29, 0.717) is 0 Å². The summed E-state index contributed by atoms with van der Waals surface area (Å²) in [6, 6.07) is 10.2. The van der Waals surface area contributed by atoms with Gasteiger partial charge in [0, 0.05) is 19.3 Å². The van der Waals surface area contributed by atoms with Gasteiger partial charge in [-0.25, -0.2) is 4.98 Å². The second kappa shape index (κ2) is 5.63. The molecule has 0 bridgehead atoms. The van der Waals surface area contributed by atoms with Crippen LogP contribution >= 0.6 is 11.3 Å². The lowest BCUT2D eigenvalue weighted by molar-refractivity contribution is 0.292. The molecule has 0 amide bonds. The van der Waals surface area contributed by atoms with Gasteiger partial charge in [0.1, 0.15) is 0 Å². The van der Waals surface area contributed by atoms with Gasteiger partial charge >= 0.3 is 0 Å². The molecular formula is C12H14N2OS. The molecule has 2 rings (SSSR count). The molecule has 0 fully saturated rings. The Morgan fingerprint density at radius 1 is 1.25 bits per heavy atom. The number of aliphatic hydroxyl groups is 1. The molecule has 0 radical (unpaired) electrons. The molecule has 0 aliphatic carbocycles. The lowest BCUT2D eigenvalue weighted by Crippen LogP contribution is -2.02. The standard InChI is InChI=1S/C12H14N2OS/c15-8-4-7-13-12-14-9-11(16-12)10-5-2-1-3-6-10/h1-3,5-6,9,15H,4,7-8H2,(H,13,14). The van der Waals surface area contributed by atoms with Crippen LogP contribution in [0.1, 0.15) is 6.42 Å². The SMILES string of the molecule is OCCCNc1ncc(-c2ccccc2)s1. The van der Waals surface area contributed by atoms with E-state index in [1.165, 1.54) is 5.56 Å². The molecule has 1 aromatic carbocycles. The van der Waals surface area contributed by atoms with Crippen LogP contribution in [0.3, 0.4) is 0 Å². The van der Waals surface area contributed by atoms with E-state index in [1.54, 1.807) is 11.3 Å². The summed E-state index contributed by atoms with van der Waals surface area (Å²) >= 11 is 1.63. The summed E-state index contributed by atoms with van der Waals surface area (Å²) in [4.78, 5) is 5.45. The fourth-order valence-corrected chi connectivity index (χ4v) is 2.21. The Morgan fingerprint density at radius 3 is 2.81 bits per heavy atom. The molecule has 0 spiro atoms. The van der Waals surface area contributed by atoms with Gasteiger partial charge in [-0.1, -0.05) is 41.7 Å². The Labute approximate surface area is 98.8 Å². The highest BCUT2D eigenvalue weighted by Crippen LogP contribution is 2.28. The van der Waals surface area contributed by atoms with Crippen molar-refractivity contribution in [1.29, 1.82) is 0 Å². The maximum Gasteiger partial charge on any atom is 0.183 e. The molecule has 0 unspecified atom stereocenters. The number of hydrogen-bond donors (Lipinski definition) is 2. The molecule has 1 aromatic heterocycles. The van der Waals surface area contributed by atoms with Crippen LogP contribution in [0.2, 0.25) is 0 Å². The molecular weight excluding hydrogens is 220 g/mol. The summed E-state index contributed by atoms with van der Waals surface area (Å²) in [5.41, 5.74) is 1.19. The first-order chi connectivity index (χ1) is 7.90. The Hall–Kier alpha value is -1.39. The van der Waals surface area contributed by atoms with Gasteiger partial charge in [0.25, 0.3) is 0 Å². The number of aliphatic hydroxyl groups excluding tert-OH is 1. The lowest BCUT2D eigenvalue weighted by atomic mass is 10.2. The van der Waals surface area contributed by atoms with Crippen LogP contribution in [-0.2, 0) is 0 Å². The largest absolute Gasteiger partial charge is 0.396 e. The van der Waals surface area contributed by atoms with E-state index in [2.05, 4.69) is 22.4 Å². The van der Waals surface area contributed by atoms with Crippen molar-refractivity contribution in [1.82, 2.24) is 4.98 Å². The van der Waals surface area contributed by atoms with E-state index >= 15 is 0 Å². The van der Waals surface area contributed by atoms with Gasteiger partial charge in [-0.3, -0.25) is 0 Å². The number of rotatable bonds is 5. The van der Waals surface area contributed by atoms with Crippen molar-refractivity contribution in [3.63, 3.8) is 0 Å². The van der Waals surface area contributed by atoms with Crippen LogP contribution in [0.15, 0.2) is 36.5 Å². The third-order valence-electron chi connectivity index (χ3n) is 2.18. The molecule has 2 N–H and O–H groups in total. The van der Waals surface area contributed by atoms with Crippen molar-refractivity contribution in [2.75, 3.05) is 18.5 Å².